The van der Waals surface area contributed by atoms with Crippen LogP contribution in [0.3, 0.4) is 0 Å². The summed E-state index contributed by atoms with van der Waals surface area (Å²) >= 11 is 3.38. The molecule has 1 amide bonds. The molecule has 0 spiro atoms. The Hall–Kier alpha value is -1.03. The van der Waals surface area contributed by atoms with Gasteiger partial charge in [-0.05, 0) is 37.6 Å². The van der Waals surface area contributed by atoms with Crippen LogP contribution in [0.2, 0.25) is 0 Å². The maximum Gasteiger partial charge on any atom is 0.264 e. The standard InChI is InChI=1S/C15H22BrNO2/c1-5-10-17-14(18)15(4,11(2)3)19-13-8-6-12(16)7-9-13/h6-9,11H,5,10H2,1-4H3,(H,17,18). The molecule has 0 aliphatic carbocycles. The van der Waals surface area contributed by atoms with Gasteiger partial charge in [0.05, 0.1) is 0 Å². The zero-order valence-corrected chi connectivity index (χ0v) is 13.6. The van der Waals surface area contributed by atoms with Crippen molar-refractivity contribution in [3.8, 4) is 5.75 Å². The van der Waals surface area contributed by atoms with E-state index in [0.29, 0.717) is 12.3 Å². The third kappa shape index (κ3) is 4.23. The molecule has 1 atom stereocenters. The molecule has 3 nitrogen and oxygen atoms in total. The predicted molar refractivity (Wildman–Crippen MR) is 81.3 cm³/mol. The molecular formula is C15H22BrNO2. The van der Waals surface area contributed by atoms with Crippen molar-refractivity contribution in [2.75, 3.05) is 6.54 Å². The van der Waals surface area contributed by atoms with Crippen LogP contribution >= 0.6 is 15.9 Å². The van der Waals surface area contributed by atoms with Crippen LogP contribution in [-0.4, -0.2) is 18.1 Å². The summed E-state index contributed by atoms with van der Waals surface area (Å²) in [5.41, 5.74) is -0.858. The number of carbonyl (C=O) groups excluding carboxylic acids is 1. The first-order chi connectivity index (χ1) is 8.90. The second-order valence-corrected chi connectivity index (χ2v) is 5.99. The van der Waals surface area contributed by atoms with Crippen molar-refractivity contribution in [1.82, 2.24) is 5.32 Å². The van der Waals surface area contributed by atoms with Crippen molar-refractivity contribution >= 4 is 21.8 Å². The van der Waals surface area contributed by atoms with E-state index in [4.69, 9.17) is 4.74 Å². The molecule has 0 saturated heterocycles. The van der Waals surface area contributed by atoms with Crippen LogP contribution in [0.15, 0.2) is 28.7 Å². The quantitative estimate of drug-likeness (QED) is 0.863. The fourth-order valence-electron chi connectivity index (χ4n) is 1.59. The first kappa shape index (κ1) is 16.0. The van der Waals surface area contributed by atoms with Crippen molar-refractivity contribution in [2.45, 2.75) is 39.7 Å². The van der Waals surface area contributed by atoms with Gasteiger partial charge >= 0.3 is 0 Å². The van der Waals surface area contributed by atoms with Crippen molar-refractivity contribution in [2.24, 2.45) is 5.92 Å². The highest BCUT2D eigenvalue weighted by atomic mass is 79.9. The van der Waals surface area contributed by atoms with E-state index >= 15 is 0 Å². The van der Waals surface area contributed by atoms with E-state index in [1.165, 1.54) is 0 Å². The van der Waals surface area contributed by atoms with E-state index in [9.17, 15) is 4.79 Å². The van der Waals surface area contributed by atoms with Gasteiger partial charge in [-0.2, -0.15) is 0 Å². The number of hydrogen-bond donors (Lipinski definition) is 1. The van der Waals surface area contributed by atoms with Crippen molar-refractivity contribution in [3.05, 3.63) is 28.7 Å². The van der Waals surface area contributed by atoms with E-state index in [2.05, 4.69) is 21.2 Å². The highest BCUT2D eigenvalue weighted by Crippen LogP contribution is 2.26. The summed E-state index contributed by atoms with van der Waals surface area (Å²) in [6.45, 7) is 8.52. The molecule has 1 aromatic carbocycles. The van der Waals surface area contributed by atoms with Gasteiger partial charge in [-0.1, -0.05) is 36.7 Å². The molecule has 19 heavy (non-hydrogen) atoms. The maximum atomic E-state index is 12.3. The smallest absolute Gasteiger partial charge is 0.264 e. The molecule has 0 fully saturated rings. The highest BCUT2D eigenvalue weighted by Gasteiger charge is 2.38. The molecule has 0 heterocycles. The minimum Gasteiger partial charge on any atom is -0.477 e. The topological polar surface area (TPSA) is 38.3 Å². The van der Waals surface area contributed by atoms with Gasteiger partial charge in [0.25, 0.3) is 5.91 Å². The molecule has 1 aromatic rings. The summed E-state index contributed by atoms with van der Waals surface area (Å²) in [4.78, 5) is 12.3. The number of ether oxygens (including phenoxy) is 1. The summed E-state index contributed by atoms with van der Waals surface area (Å²) < 4.78 is 6.93. The minimum atomic E-state index is -0.858. The normalized spacial score (nSPS) is 14.0. The van der Waals surface area contributed by atoms with Gasteiger partial charge in [-0.25, -0.2) is 0 Å². The number of benzene rings is 1. The molecule has 0 aliphatic heterocycles. The number of carbonyl (C=O) groups is 1. The second-order valence-electron chi connectivity index (χ2n) is 5.07. The molecule has 4 heteroatoms. The lowest BCUT2D eigenvalue weighted by molar-refractivity contribution is -0.139. The third-order valence-corrected chi connectivity index (χ3v) is 3.76. The van der Waals surface area contributed by atoms with Gasteiger partial charge < -0.3 is 10.1 Å². The fraction of sp³-hybridized carbons (Fsp3) is 0.533. The average molecular weight is 328 g/mol. The van der Waals surface area contributed by atoms with Gasteiger partial charge in [-0.15, -0.1) is 0 Å². The van der Waals surface area contributed by atoms with Crippen LogP contribution in [0, 0.1) is 5.92 Å². The van der Waals surface area contributed by atoms with E-state index in [1.54, 1.807) is 0 Å². The van der Waals surface area contributed by atoms with Gasteiger partial charge in [0, 0.05) is 16.9 Å². The predicted octanol–water partition coefficient (Wildman–Crippen LogP) is 3.77. The molecule has 0 aliphatic rings. The largest absolute Gasteiger partial charge is 0.477 e. The Morgan fingerprint density at radius 3 is 2.42 bits per heavy atom. The van der Waals surface area contributed by atoms with E-state index in [0.717, 1.165) is 10.9 Å². The summed E-state index contributed by atoms with van der Waals surface area (Å²) in [5.74, 6) is 0.714. The lowest BCUT2D eigenvalue weighted by Gasteiger charge is -2.33. The SMILES string of the molecule is CCCNC(=O)C(C)(Oc1ccc(Br)cc1)C(C)C. The van der Waals surface area contributed by atoms with Crippen LogP contribution < -0.4 is 10.1 Å². The fourth-order valence-corrected chi connectivity index (χ4v) is 1.85. The van der Waals surface area contributed by atoms with Gasteiger partial charge in [0.1, 0.15) is 5.75 Å². The zero-order chi connectivity index (χ0) is 14.5. The van der Waals surface area contributed by atoms with E-state index in [-0.39, 0.29) is 11.8 Å². The Morgan fingerprint density at radius 1 is 1.37 bits per heavy atom. The van der Waals surface area contributed by atoms with Crippen LogP contribution in [-0.2, 0) is 4.79 Å². The van der Waals surface area contributed by atoms with Crippen molar-refractivity contribution in [1.29, 1.82) is 0 Å². The Balaban J connectivity index is 2.87. The molecule has 1 N–H and O–H groups in total. The summed E-state index contributed by atoms with van der Waals surface area (Å²) in [5, 5.41) is 2.91. The number of halogens is 1. The molecule has 1 rings (SSSR count). The molecule has 0 aromatic heterocycles. The molecular weight excluding hydrogens is 306 g/mol. The maximum absolute atomic E-state index is 12.3. The molecule has 0 radical (unpaired) electrons. The molecule has 0 saturated carbocycles. The number of hydrogen-bond acceptors (Lipinski definition) is 2. The first-order valence-electron chi connectivity index (χ1n) is 6.63. The Kier molecular flexibility index (Phi) is 5.85. The van der Waals surface area contributed by atoms with Crippen LogP contribution in [0.25, 0.3) is 0 Å². The van der Waals surface area contributed by atoms with Crippen LogP contribution in [0.5, 0.6) is 5.75 Å². The van der Waals surface area contributed by atoms with E-state index < -0.39 is 5.60 Å². The summed E-state index contributed by atoms with van der Waals surface area (Å²) in [6.07, 6.45) is 0.915. The van der Waals surface area contributed by atoms with Gasteiger partial charge in [0.15, 0.2) is 5.60 Å². The summed E-state index contributed by atoms with van der Waals surface area (Å²) in [7, 11) is 0. The van der Waals surface area contributed by atoms with Crippen molar-refractivity contribution < 1.29 is 9.53 Å². The van der Waals surface area contributed by atoms with Crippen LogP contribution in [0.4, 0.5) is 0 Å². The molecule has 0 bridgehead atoms. The zero-order valence-electron chi connectivity index (χ0n) is 12.0. The molecule has 1 unspecified atom stereocenters. The monoisotopic (exact) mass is 327 g/mol. The number of rotatable bonds is 6. The van der Waals surface area contributed by atoms with Crippen molar-refractivity contribution in [3.63, 3.8) is 0 Å². The Labute approximate surface area is 123 Å². The first-order valence-corrected chi connectivity index (χ1v) is 7.42. The Morgan fingerprint density at radius 2 is 1.95 bits per heavy atom. The molecule has 106 valence electrons. The lowest BCUT2D eigenvalue weighted by Crippen LogP contribution is -2.52. The minimum absolute atomic E-state index is 0.0627. The number of amides is 1. The lowest BCUT2D eigenvalue weighted by atomic mass is 9.91. The average Bonchev–Trinajstić information content (AvgIpc) is 2.38. The van der Waals surface area contributed by atoms with Crippen LogP contribution in [0.1, 0.15) is 34.1 Å². The Bertz CT molecular complexity index is 417. The highest BCUT2D eigenvalue weighted by molar-refractivity contribution is 9.10. The van der Waals surface area contributed by atoms with Gasteiger partial charge in [0.2, 0.25) is 0 Å². The van der Waals surface area contributed by atoms with E-state index in [1.807, 2.05) is 52.0 Å². The second kappa shape index (κ2) is 6.94. The number of nitrogens with one attached hydrogen (secondary N) is 1. The van der Waals surface area contributed by atoms with Gasteiger partial charge in [-0.3, -0.25) is 4.79 Å². The summed E-state index contributed by atoms with van der Waals surface area (Å²) in [6, 6.07) is 7.52. The third-order valence-electron chi connectivity index (χ3n) is 3.23.